The van der Waals surface area contributed by atoms with Crippen molar-refractivity contribution in [3.05, 3.63) is 41.3 Å². The molecule has 2 atom stereocenters. The molecule has 0 fully saturated rings. The Morgan fingerprint density at radius 2 is 2.19 bits per heavy atom. The molecule has 26 heavy (non-hydrogen) atoms. The molecule has 1 aliphatic rings. The first-order valence-corrected chi connectivity index (χ1v) is 7.87. The summed E-state index contributed by atoms with van der Waals surface area (Å²) in [5.41, 5.74) is 1.24. The third kappa shape index (κ3) is 3.71. The van der Waals surface area contributed by atoms with Crippen molar-refractivity contribution in [2.75, 3.05) is 10.6 Å². The maximum Gasteiger partial charge on any atom is 0.314 e. The van der Waals surface area contributed by atoms with Crippen LogP contribution in [0.4, 0.5) is 16.0 Å². The minimum atomic E-state index is -1.12. The molecule has 0 aliphatic carbocycles. The number of hydrogen-bond donors (Lipinski definition) is 2. The summed E-state index contributed by atoms with van der Waals surface area (Å²) in [6.07, 6.45) is -1.27. The number of benzene rings is 1. The molecule has 0 spiro atoms. The van der Waals surface area contributed by atoms with Crippen molar-refractivity contribution in [1.29, 1.82) is 0 Å². The summed E-state index contributed by atoms with van der Waals surface area (Å²) in [5, 5.41) is 8.57. The minimum Gasteiger partial charge on any atom is -0.452 e. The first-order chi connectivity index (χ1) is 12.3. The zero-order valence-electron chi connectivity index (χ0n) is 14.0. The topological polar surface area (TPSA) is 111 Å². The number of halogens is 1. The number of rotatable bonds is 4. The van der Waals surface area contributed by atoms with Gasteiger partial charge in [0.2, 0.25) is 11.8 Å². The molecule has 0 bridgehead atoms. The number of fused-ring (bicyclic) bond motifs is 1. The second kappa shape index (κ2) is 6.95. The molecule has 2 aromatic rings. The van der Waals surface area contributed by atoms with Gasteiger partial charge < -0.3 is 14.6 Å². The highest BCUT2D eigenvalue weighted by Gasteiger charge is 2.34. The first kappa shape index (κ1) is 17.6. The summed E-state index contributed by atoms with van der Waals surface area (Å²) in [6, 6.07) is 5.26. The lowest BCUT2D eigenvalue weighted by Crippen LogP contribution is -2.34. The molecule has 0 saturated carbocycles. The van der Waals surface area contributed by atoms with E-state index in [0.29, 0.717) is 11.3 Å². The van der Waals surface area contributed by atoms with Crippen LogP contribution in [0.5, 0.6) is 0 Å². The lowest BCUT2D eigenvalue weighted by atomic mass is 9.90. The molecule has 0 unspecified atom stereocenters. The van der Waals surface area contributed by atoms with E-state index in [1.54, 1.807) is 6.92 Å². The number of aryl methyl sites for hydroxylation is 1. The Hall–Kier alpha value is -3.23. The fraction of sp³-hybridized carbons (Fsp3) is 0.294. The monoisotopic (exact) mass is 361 g/mol. The lowest BCUT2D eigenvalue weighted by molar-refractivity contribution is -0.155. The third-order valence-electron chi connectivity index (χ3n) is 3.88. The third-order valence-corrected chi connectivity index (χ3v) is 3.88. The summed E-state index contributed by atoms with van der Waals surface area (Å²) in [6.45, 7) is 3.09. The number of nitrogens with one attached hydrogen (secondary N) is 2. The largest absolute Gasteiger partial charge is 0.452 e. The molecule has 3 rings (SSSR count). The van der Waals surface area contributed by atoms with E-state index in [4.69, 9.17) is 9.26 Å². The lowest BCUT2D eigenvalue weighted by Gasteiger charge is -2.25. The van der Waals surface area contributed by atoms with Crippen molar-refractivity contribution in [1.82, 2.24) is 5.16 Å². The summed E-state index contributed by atoms with van der Waals surface area (Å²) in [4.78, 5) is 36.3. The van der Waals surface area contributed by atoms with Gasteiger partial charge in [-0.15, -0.1) is 0 Å². The molecule has 2 heterocycles. The molecule has 1 aromatic carbocycles. The molecule has 0 radical (unpaired) electrons. The van der Waals surface area contributed by atoms with Crippen LogP contribution in [0.15, 0.2) is 28.8 Å². The average Bonchev–Trinajstić information content (AvgIpc) is 2.98. The molecule has 1 aromatic heterocycles. The maximum atomic E-state index is 13.3. The second-order valence-electron chi connectivity index (χ2n) is 5.94. The van der Waals surface area contributed by atoms with E-state index in [9.17, 15) is 18.8 Å². The van der Waals surface area contributed by atoms with Crippen LogP contribution in [0.2, 0.25) is 0 Å². The van der Waals surface area contributed by atoms with Crippen LogP contribution in [0, 0.1) is 12.7 Å². The van der Waals surface area contributed by atoms with E-state index in [0.717, 1.165) is 6.07 Å². The van der Waals surface area contributed by atoms with E-state index < -0.39 is 35.6 Å². The predicted molar refractivity (Wildman–Crippen MR) is 87.8 cm³/mol. The van der Waals surface area contributed by atoms with Crippen molar-refractivity contribution >= 4 is 29.4 Å². The molecule has 9 heteroatoms. The molecule has 136 valence electrons. The van der Waals surface area contributed by atoms with Gasteiger partial charge in [-0.1, -0.05) is 11.2 Å². The number of aromatic nitrogens is 1. The van der Waals surface area contributed by atoms with Gasteiger partial charge in [0.05, 0.1) is 11.6 Å². The molecular formula is C17H16FN3O5. The summed E-state index contributed by atoms with van der Waals surface area (Å²) < 4.78 is 23.4. The number of esters is 1. The van der Waals surface area contributed by atoms with Crippen LogP contribution >= 0.6 is 0 Å². The van der Waals surface area contributed by atoms with Gasteiger partial charge in [-0.3, -0.25) is 19.7 Å². The smallest absolute Gasteiger partial charge is 0.314 e. The van der Waals surface area contributed by atoms with E-state index in [2.05, 4.69) is 15.8 Å². The van der Waals surface area contributed by atoms with E-state index in [-0.39, 0.29) is 18.0 Å². The normalized spacial score (nSPS) is 17.0. The molecule has 1 aliphatic heterocycles. The number of amides is 2. The number of carbonyl (C=O) groups excluding carboxylic acids is 3. The van der Waals surface area contributed by atoms with Gasteiger partial charge in [0, 0.05) is 18.2 Å². The SMILES string of the molecule is Cc1cc(NC(=O)[C@@H](C)OC(=O)[C@@H]2CC(=O)Nc3cc(F)ccc32)on1. The Balaban J connectivity index is 1.69. The van der Waals surface area contributed by atoms with Crippen molar-refractivity contribution in [3.8, 4) is 0 Å². The number of anilines is 2. The maximum absolute atomic E-state index is 13.3. The quantitative estimate of drug-likeness (QED) is 0.807. The van der Waals surface area contributed by atoms with Crippen LogP contribution in [0.1, 0.15) is 30.5 Å². The van der Waals surface area contributed by atoms with E-state index >= 15 is 0 Å². The first-order valence-electron chi connectivity index (χ1n) is 7.87. The highest BCUT2D eigenvalue weighted by molar-refractivity contribution is 6.01. The van der Waals surface area contributed by atoms with Crippen molar-refractivity contribution in [2.45, 2.75) is 32.3 Å². The molecule has 8 nitrogen and oxygen atoms in total. The van der Waals surface area contributed by atoms with Gasteiger partial charge in [-0.05, 0) is 31.5 Å². The zero-order chi connectivity index (χ0) is 18.8. The fourth-order valence-electron chi connectivity index (χ4n) is 2.60. The van der Waals surface area contributed by atoms with Crippen molar-refractivity contribution in [2.24, 2.45) is 0 Å². The van der Waals surface area contributed by atoms with E-state index in [1.165, 1.54) is 25.1 Å². The summed E-state index contributed by atoms with van der Waals surface area (Å²) >= 11 is 0. The summed E-state index contributed by atoms with van der Waals surface area (Å²) in [7, 11) is 0. The van der Waals surface area contributed by atoms with Crippen LogP contribution in [0.3, 0.4) is 0 Å². The average molecular weight is 361 g/mol. The Morgan fingerprint density at radius 3 is 2.88 bits per heavy atom. The second-order valence-corrected chi connectivity index (χ2v) is 5.94. The zero-order valence-corrected chi connectivity index (χ0v) is 14.0. The molecule has 0 saturated heterocycles. The van der Waals surface area contributed by atoms with Gasteiger partial charge in [0.15, 0.2) is 6.10 Å². The Labute approximate surface area is 147 Å². The van der Waals surface area contributed by atoms with Crippen LogP contribution in [0.25, 0.3) is 0 Å². The van der Waals surface area contributed by atoms with Gasteiger partial charge in [-0.25, -0.2) is 4.39 Å². The highest BCUT2D eigenvalue weighted by atomic mass is 19.1. The van der Waals surface area contributed by atoms with Gasteiger partial charge in [0.25, 0.3) is 5.91 Å². The van der Waals surface area contributed by atoms with Crippen LogP contribution in [-0.4, -0.2) is 29.0 Å². The number of carbonyl (C=O) groups is 3. The van der Waals surface area contributed by atoms with Gasteiger partial charge in [-0.2, -0.15) is 0 Å². The van der Waals surface area contributed by atoms with E-state index in [1.807, 2.05) is 0 Å². The van der Waals surface area contributed by atoms with Crippen molar-refractivity contribution in [3.63, 3.8) is 0 Å². The number of nitrogens with zero attached hydrogens (tertiary/aromatic N) is 1. The van der Waals surface area contributed by atoms with Gasteiger partial charge in [0.1, 0.15) is 5.82 Å². The van der Waals surface area contributed by atoms with Crippen LogP contribution in [-0.2, 0) is 19.1 Å². The Morgan fingerprint density at radius 1 is 1.42 bits per heavy atom. The highest BCUT2D eigenvalue weighted by Crippen LogP contribution is 2.33. The Kier molecular flexibility index (Phi) is 4.70. The number of hydrogen-bond acceptors (Lipinski definition) is 6. The molecular weight excluding hydrogens is 345 g/mol. The van der Waals surface area contributed by atoms with Gasteiger partial charge >= 0.3 is 5.97 Å². The van der Waals surface area contributed by atoms with Crippen molar-refractivity contribution < 1.29 is 28.0 Å². The van der Waals surface area contributed by atoms with Crippen LogP contribution < -0.4 is 10.6 Å². The minimum absolute atomic E-state index is 0.133. The standard InChI is InChI=1S/C17H16FN3O5/c1-8-5-15(26-21-8)20-16(23)9(2)25-17(24)12-7-14(22)19-13-6-10(18)3-4-11(12)13/h3-6,9,12H,7H2,1-2H3,(H,19,22)(H,20,23)/t9-,12-/m1/s1. The summed E-state index contributed by atoms with van der Waals surface area (Å²) in [5.74, 6) is -3.10. The molecule has 2 N–H and O–H groups in total. The fourth-order valence-corrected chi connectivity index (χ4v) is 2.60. The number of ether oxygens (including phenoxy) is 1. The Bertz CT molecular complexity index is 879. The predicted octanol–water partition coefficient (Wildman–Crippen LogP) is 2.12. The molecule has 2 amide bonds.